The third kappa shape index (κ3) is 2.25. The van der Waals surface area contributed by atoms with Crippen LogP contribution in [0.5, 0.6) is 0 Å². The minimum absolute atomic E-state index is 0.0776. The minimum atomic E-state index is -0.381. The van der Waals surface area contributed by atoms with Crippen molar-refractivity contribution in [2.45, 2.75) is 25.8 Å². The highest BCUT2D eigenvalue weighted by atomic mass is 16.3. The first-order valence-corrected chi connectivity index (χ1v) is 4.82. The van der Waals surface area contributed by atoms with Crippen LogP contribution in [0.4, 0.5) is 5.69 Å². The maximum Gasteiger partial charge on any atom is 0.0625 e. The zero-order valence-electron chi connectivity index (χ0n) is 8.70. The summed E-state index contributed by atoms with van der Waals surface area (Å²) in [7, 11) is 0. The summed E-state index contributed by atoms with van der Waals surface area (Å²) < 4.78 is 0. The molecule has 0 aliphatic carbocycles. The lowest BCUT2D eigenvalue weighted by molar-refractivity contribution is 0.268. The van der Waals surface area contributed by atoms with E-state index in [9.17, 15) is 0 Å². The summed E-state index contributed by atoms with van der Waals surface area (Å²) in [5.74, 6) is 0.445. The zero-order chi connectivity index (χ0) is 10.7. The van der Waals surface area contributed by atoms with Gasteiger partial charge in [-0.3, -0.25) is 0 Å². The average Bonchev–Trinajstić information content (AvgIpc) is 2.17. The van der Waals surface area contributed by atoms with E-state index in [-0.39, 0.29) is 12.6 Å². The van der Waals surface area contributed by atoms with Crippen LogP contribution in [-0.2, 0) is 0 Å². The molecule has 3 nitrogen and oxygen atoms in total. The highest BCUT2D eigenvalue weighted by molar-refractivity contribution is 5.50. The van der Waals surface area contributed by atoms with Crippen molar-refractivity contribution in [2.75, 3.05) is 12.3 Å². The molecule has 0 saturated heterocycles. The molecule has 1 rings (SSSR count). The van der Waals surface area contributed by atoms with Gasteiger partial charge in [-0.2, -0.15) is 0 Å². The Morgan fingerprint density at radius 2 is 2.00 bits per heavy atom. The minimum Gasteiger partial charge on any atom is -0.398 e. The second-order valence-corrected chi connectivity index (χ2v) is 3.83. The number of aliphatic hydroxyl groups excluding tert-OH is 1. The van der Waals surface area contributed by atoms with Gasteiger partial charge in [0.15, 0.2) is 0 Å². The van der Waals surface area contributed by atoms with Gasteiger partial charge < -0.3 is 16.6 Å². The largest absolute Gasteiger partial charge is 0.398 e. The normalized spacial score (nSPS) is 13.2. The molecule has 0 aliphatic heterocycles. The first-order valence-electron chi connectivity index (χ1n) is 4.82. The van der Waals surface area contributed by atoms with E-state index in [2.05, 4.69) is 13.8 Å². The number of hydrogen-bond acceptors (Lipinski definition) is 3. The highest BCUT2D eigenvalue weighted by Crippen LogP contribution is 2.24. The van der Waals surface area contributed by atoms with Crippen molar-refractivity contribution < 1.29 is 5.11 Å². The number of rotatable bonds is 3. The van der Waals surface area contributed by atoms with Crippen LogP contribution in [0.2, 0.25) is 0 Å². The molecule has 0 saturated carbocycles. The van der Waals surface area contributed by atoms with Crippen LogP contribution in [0, 0.1) is 0 Å². The molecule has 0 bridgehead atoms. The predicted molar refractivity (Wildman–Crippen MR) is 59.0 cm³/mol. The van der Waals surface area contributed by atoms with Crippen molar-refractivity contribution in [2.24, 2.45) is 5.73 Å². The Labute approximate surface area is 84.7 Å². The molecule has 1 aromatic carbocycles. The highest BCUT2D eigenvalue weighted by Gasteiger charge is 2.10. The topological polar surface area (TPSA) is 72.3 Å². The molecule has 3 heteroatoms. The lowest BCUT2D eigenvalue weighted by Crippen LogP contribution is -2.16. The molecule has 78 valence electrons. The molecule has 0 heterocycles. The Hall–Kier alpha value is -1.06. The fraction of sp³-hybridized carbons (Fsp3) is 0.455. The zero-order valence-corrected chi connectivity index (χ0v) is 8.70. The van der Waals surface area contributed by atoms with Crippen LogP contribution in [-0.4, -0.2) is 11.7 Å². The van der Waals surface area contributed by atoms with Gasteiger partial charge in [0.05, 0.1) is 12.6 Å². The van der Waals surface area contributed by atoms with E-state index in [1.54, 1.807) is 0 Å². The molecule has 0 aromatic heterocycles. The van der Waals surface area contributed by atoms with Crippen molar-refractivity contribution in [1.82, 2.24) is 0 Å². The van der Waals surface area contributed by atoms with E-state index in [0.717, 1.165) is 5.56 Å². The van der Waals surface area contributed by atoms with Gasteiger partial charge in [-0.1, -0.05) is 26.0 Å². The first-order chi connectivity index (χ1) is 6.56. The van der Waals surface area contributed by atoms with E-state index in [4.69, 9.17) is 16.6 Å². The van der Waals surface area contributed by atoms with Gasteiger partial charge in [0.1, 0.15) is 0 Å². The summed E-state index contributed by atoms with van der Waals surface area (Å²) in [6, 6.07) is 5.43. The Bertz CT molecular complexity index is 310. The van der Waals surface area contributed by atoms with Crippen molar-refractivity contribution in [1.29, 1.82) is 0 Å². The fourth-order valence-electron chi connectivity index (χ4n) is 1.37. The van der Waals surface area contributed by atoms with Crippen molar-refractivity contribution in [3.8, 4) is 0 Å². The van der Waals surface area contributed by atoms with E-state index < -0.39 is 0 Å². The van der Waals surface area contributed by atoms with Crippen LogP contribution in [0.15, 0.2) is 18.2 Å². The maximum atomic E-state index is 8.96. The third-order valence-corrected chi connectivity index (χ3v) is 2.37. The van der Waals surface area contributed by atoms with E-state index in [0.29, 0.717) is 11.6 Å². The summed E-state index contributed by atoms with van der Waals surface area (Å²) in [5.41, 5.74) is 14.2. The summed E-state index contributed by atoms with van der Waals surface area (Å²) in [5, 5.41) is 8.96. The van der Waals surface area contributed by atoms with Crippen LogP contribution < -0.4 is 11.5 Å². The number of hydrogen-bond donors (Lipinski definition) is 3. The number of nitrogen functional groups attached to an aromatic ring is 1. The summed E-state index contributed by atoms with van der Waals surface area (Å²) in [4.78, 5) is 0. The van der Waals surface area contributed by atoms with Gasteiger partial charge in [0.25, 0.3) is 0 Å². The average molecular weight is 194 g/mol. The molecule has 0 fully saturated rings. The molecule has 1 aromatic rings. The van der Waals surface area contributed by atoms with Crippen molar-refractivity contribution in [3.05, 3.63) is 29.3 Å². The van der Waals surface area contributed by atoms with E-state index in [1.165, 1.54) is 5.56 Å². The molecule has 0 radical (unpaired) electrons. The van der Waals surface area contributed by atoms with Gasteiger partial charge in [0, 0.05) is 5.69 Å². The standard InChI is InChI=1S/C11H18N2O/c1-7(2)8-3-4-10(12)9(5-8)11(13)6-14/h3-5,7,11,14H,6,12-13H2,1-2H3. The van der Waals surface area contributed by atoms with Gasteiger partial charge in [-0.05, 0) is 23.1 Å². The molecule has 5 N–H and O–H groups in total. The van der Waals surface area contributed by atoms with Crippen molar-refractivity contribution >= 4 is 5.69 Å². The van der Waals surface area contributed by atoms with Crippen LogP contribution in [0.3, 0.4) is 0 Å². The second-order valence-electron chi connectivity index (χ2n) is 3.83. The molecule has 1 atom stereocenters. The monoisotopic (exact) mass is 194 g/mol. The number of benzene rings is 1. The molecule has 0 amide bonds. The lowest BCUT2D eigenvalue weighted by atomic mass is 9.97. The van der Waals surface area contributed by atoms with Crippen LogP contribution >= 0.6 is 0 Å². The van der Waals surface area contributed by atoms with Gasteiger partial charge in [-0.25, -0.2) is 0 Å². The molecular formula is C11H18N2O. The molecule has 14 heavy (non-hydrogen) atoms. The number of anilines is 1. The number of aliphatic hydroxyl groups is 1. The summed E-state index contributed by atoms with van der Waals surface area (Å²) >= 11 is 0. The Kier molecular flexibility index (Phi) is 3.49. The molecule has 1 unspecified atom stereocenters. The molecular weight excluding hydrogens is 176 g/mol. The van der Waals surface area contributed by atoms with Gasteiger partial charge in [-0.15, -0.1) is 0 Å². The fourth-order valence-corrected chi connectivity index (χ4v) is 1.37. The lowest BCUT2D eigenvalue weighted by Gasteiger charge is -2.14. The van der Waals surface area contributed by atoms with Gasteiger partial charge >= 0.3 is 0 Å². The first kappa shape index (κ1) is 11.0. The van der Waals surface area contributed by atoms with Gasteiger partial charge in [0.2, 0.25) is 0 Å². The Balaban J connectivity index is 3.08. The SMILES string of the molecule is CC(C)c1ccc(N)c(C(N)CO)c1. The second kappa shape index (κ2) is 4.44. The maximum absolute atomic E-state index is 8.96. The van der Waals surface area contributed by atoms with Crippen molar-refractivity contribution in [3.63, 3.8) is 0 Å². The molecule has 0 aliphatic rings. The van der Waals surface area contributed by atoms with Crippen LogP contribution in [0.25, 0.3) is 0 Å². The predicted octanol–water partition coefficient (Wildman–Crippen LogP) is 1.38. The van der Waals surface area contributed by atoms with E-state index in [1.807, 2.05) is 18.2 Å². The van der Waals surface area contributed by atoms with Crippen LogP contribution in [0.1, 0.15) is 36.9 Å². The summed E-state index contributed by atoms with van der Waals surface area (Å²) in [6.07, 6.45) is 0. The Morgan fingerprint density at radius 3 is 2.50 bits per heavy atom. The quantitative estimate of drug-likeness (QED) is 0.636. The third-order valence-electron chi connectivity index (χ3n) is 2.37. The number of nitrogens with two attached hydrogens (primary N) is 2. The summed E-state index contributed by atoms with van der Waals surface area (Å²) in [6.45, 7) is 4.14. The Morgan fingerprint density at radius 1 is 1.36 bits per heavy atom. The molecule has 0 spiro atoms. The smallest absolute Gasteiger partial charge is 0.0625 e. The van der Waals surface area contributed by atoms with E-state index >= 15 is 0 Å².